The molecule has 7 heteroatoms. The predicted molar refractivity (Wildman–Crippen MR) is 87.7 cm³/mol. The van der Waals surface area contributed by atoms with Crippen LogP contribution in [-0.2, 0) is 6.54 Å². The van der Waals surface area contributed by atoms with Gasteiger partial charge in [-0.3, -0.25) is 14.9 Å². The molecule has 0 aliphatic carbocycles. The highest BCUT2D eigenvalue weighted by atomic mass is 16.6. The maximum absolute atomic E-state index is 11.8. The Morgan fingerprint density at radius 2 is 1.87 bits per heavy atom. The molecule has 0 unspecified atom stereocenters. The highest BCUT2D eigenvalue weighted by Gasteiger charge is 2.10. The van der Waals surface area contributed by atoms with Gasteiger partial charge in [0, 0.05) is 44.1 Å². The summed E-state index contributed by atoms with van der Waals surface area (Å²) in [7, 11) is 0. The van der Waals surface area contributed by atoms with E-state index in [-0.39, 0.29) is 17.9 Å². The van der Waals surface area contributed by atoms with E-state index < -0.39 is 4.92 Å². The predicted octanol–water partition coefficient (Wildman–Crippen LogP) is 1.65. The summed E-state index contributed by atoms with van der Waals surface area (Å²) in [6.45, 7) is 1.58. The Labute approximate surface area is 133 Å². The number of benzene rings is 1. The summed E-state index contributed by atoms with van der Waals surface area (Å²) in [5.74, 6) is 0. The van der Waals surface area contributed by atoms with Crippen molar-refractivity contribution in [2.24, 2.45) is 0 Å². The summed E-state index contributed by atoms with van der Waals surface area (Å²) in [4.78, 5) is 24.2. The lowest BCUT2D eigenvalue weighted by molar-refractivity contribution is -0.385. The van der Waals surface area contributed by atoms with E-state index in [1.54, 1.807) is 0 Å². The third-order valence-electron chi connectivity index (χ3n) is 3.50. The number of hydrogen-bond donors (Lipinski definition) is 1. The zero-order valence-corrected chi connectivity index (χ0v) is 12.7. The van der Waals surface area contributed by atoms with Crippen molar-refractivity contribution in [3.63, 3.8) is 0 Å². The Bertz CT molecular complexity index is 700. The molecule has 2 aromatic rings. The van der Waals surface area contributed by atoms with Gasteiger partial charge in [0.2, 0.25) is 0 Å². The molecule has 1 heterocycles. The SMILES string of the molecule is O=c1ccc([N+](=O)[O-])cn1CCN(CCCO)c1ccccc1. The summed E-state index contributed by atoms with van der Waals surface area (Å²) in [6, 6.07) is 12.1. The summed E-state index contributed by atoms with van der Waals surface area (Å²) in [5, 5.41) is 19.8. The van der Waals surface area contributed by atoms with Crippen LogP contribution in [0.5, 0.6) is 0 Å². The summed E-state index contributed by atoms with van der Waals surface area (Å²) < 4.78 is 1.34. The first kappa shape index (κ1) is 16.7. The van der Waals surface area contributed by atoms with Crippen LogP contribution in [0.4, 0.5) is 11.4 Å². The van der Waals surface area contributed by atoms with Gasteiger partial charge in [-0.15, -0.1) is 0 Å². The summed E-state index contributed by atoms with van der Waals surface area (Å²) >= 11 is 0. The average molecular weight is 317 g/mol. The molecule has 0 aliphatic heterocycles. The third kappa shape index (κ3) is 4.65. The van der Waals surface area contributed by atoms with Gasteiger partial charge in [0.05, 0.1) is 11.1 Å². The Morgan fingerprint density at radius 1 is 1.13 bits per heavy atom. The van der Waals surface area contributed by atoms with Crippen molar-refractivity contribution in [2.45, 2.75) is 13.0 Å². The molecule has 0 saturated carbocycles. The molecule has 23 heavy (non-hydrogen) atoms. The molecule has 0 spiro atoms. The summed E-state index contributed by atoms with van der Waals surface area (Å²) in [5.41, 5.74) is 0.608. The molecule has 122 valence electrons. The van der Waals surface area contributed by atoms with Crippen molar-refractivity contribution in [2.75, 3.05) is 24.6 Å². The lowest BCUT2D eigenvalue weighted by atomic mass is 10.2. The minimum Gasteiger partial charge on any atom is -0.396 e. The number of aromatic nitrogens is 1. The Hall–Kier alpha value is -2.67. The van der Waals surface area contributed by atoms with E-state index >= 15 is 0 Å². The topological polar surface area (TPSA) is 88.6 Å². The van der Waals surface area contributed by atoms with Gasteiger partial charge >= 0.3 is 0 Å². The minimum absolute atomic E-state index is 0.0834. The number of aliphatic hydroxyl groups is 1. The van der Waals surface area contributed by atoms with E-state index in [0.29, 0.717) is 26.1 Å². The molecular weight excluding hydrogens is 298 g/mol. The number of nitrogens with zero attached hydrogens (tertiary/aromatic N) is 3. The maximum atomic E-state index is 11.8. The van der Waals surface area contributed by atoms with Crippen LogP contribution < -0.4 is 10.5 Å². The van der Waals surface area contributed by atoms with E-state index in [2.05, 4.69) is 0 Å². The molecular formula is C16H19N3O4. The van der Waals surface area contributed by atoms with Crippen LogP contribution >= 0.6 is 0 Å². The van der Waals surface area contributed by atoms with E-state index in [0.717, 1.165) is 5.69 Å². The number of para-hydroxylation sites is 1. The fraction of sp³-hybridized carbons (Fsp3) is 0.312. The highest BCUT2D eigenvalue weighted by molar-refractivity contribution is 5.45. The highest BCUT2D eigenvalue weighted by Crippen LogP contribution is 2.14. The van der Waals surface area contributed by atoms with Crippen molar-refractivity contribution in [3.05, 3.63) is 69.1 Å². The third-order valence-corrected chi connectivity index (χ3v) is 3.50. The van der Waals surface area contributed by atoms with Crippen molar-refractivity contribution in [3.8, 4) is 0 Å². The van der Waals surface area contributed by atoms with Crippen LogP contribution in [0.15, 0.2) is 53.5 Å². The molecule has 0 amide bonds. The number of pyridine rings is 1. The van der Waals surface area contributed by atoms with Gasteiger partial charge in [-0.2, -0.15) is 0 Å². The normalized spacial score (nSPS) is 10.5. The maximum Gasteiger partial charge on any atom is 0.285 e. The average Bonchev–Trinajstić information content (AvgIpc) is 2.57. The molecule has 7 nitrogen and oxygen atoms in total. The Kier molecular flexibility index (Phi) is 5.87. The molecule has 0 radical (unpaired) electrons. The first-order valence-electron chi connectivity index (χ1n) is 7.37. The fourth-order valence-corrected chi connectivity index (χ4v) is 2.30. The van der Waals surface area contributed by atoms with Gasteiger partial charge in [-0.05, 0) is 18.6 Å². The Balaban J connectivity index is 2.13. The van der Waals surface area contributed by atoms with Crippen LogP contribution in [0, 0.1) is 10.1 Å². The number of aliphatic hydroxyl groups excluding tert-OH is 1. The van der Waals surface area contributed by atoms with Crippen LogP contribution in [0.2, 0.25) is 0 Å². The molecule has 1 N–H and O–H groups in total. The van der Waals surface area contributed by atoms with E-state index in [9.17, 15) is 14.9 Å². The van der Waals surface area contributed by atoms with Crippen LogP contribution in [0.3, 0.4) is 0 Å². The van der Waals surface area contributed by atoms with Crippen molar-refractivity contribution in [1.82, 2.24) is 4.57 Å². The molecule has 0 atom stereocenters. The largest absolute Gasteiger partial charge is 0.396 e. The van der Waals surface area contributed by atoms with Crippen molar-refractivity contribution in [1.29, 1.82) is 0 Å². The van der Waals surface area contributed by atoms with Gasteiger partial charge < -0.3 is 14.6 Å². The van der Waals surface area contributed by atoms with Gasteiger partial charge in [-0.25, -0.2) is 0 Å². The first-order valence-corrected chi connectivity index (χ1v) is 7.37. The molecule has 2 rings (SSSR count). The van der Waals surface area contributed by atoms with Gasteiger partial charge in [0.15, 0.2) is 0 Å². The molecule has 1 aromatic carbocycles. The van der Waals surface area contributed by atoms with Gasteiger partial charge in [0.1, 0.15) is 0 Å². The molecule has 0 bridgehead atoms. The van der Waals surface area contributed by atoms with E-state index in [1.807, 2.05) is 35.2 Å². The standard InChI is InChI=1S/C16H19N3O4/c20-12-4-9-17(14-5-2-1-3-6-14)10-11-18-13-15(19(22)23)7-8-16(18)21/h1-3,5-8,13,20H,4,9-12H2. The molecule has 0 fully saturated rings. The molecule has 0 saturated heterocycles. The smallest absolute Gasteiger partial charge is 0.285 e. The molecule has 0 aliphatic rings. The number of nitro groups is 1. The number of anilines is 1. The zero-order chi connectivity index (χ0) is 16.7. The second-order valence-electron chi connectivity index (χ2n) is 5.08. The lowest BCUT2D eigenvalue weighted by Crippen LogP contribution is -2.32. The number of hydrogen-bond acceptors (Lipinski definition) is 5. The van der Waals surface area contributed by atoms with Crippen LogP contribution in [-0.4, -0.2) is 34.3 Å². The monoisotopic (exact) mass is 317 g/mol. The second-order valence-corrected chi connectivity index (χ2v) is 5.08. The van der Waals surface area contributed by atoms with Crippen LogP contribution in [0.25, 0.3) is 0 Å². The summed E-state index contributed by atoms with van der Waals surface area (Å²) in [6.07, 6.45) is 1.87. The van der Waals surface area contributed by atoms with Crippen LogP contribution in [0.1, 0.15) is 6.42 Å². The Morgan fingerprint density at radius 3 is 2.52 bits per heavy atom. The van der Waals surface area contributed by atoms with E-state index in [4.69, 9.17) is 5.11 Å². The molecule has 1 aromatic heterocycles. The fourth-order valence-electron chi connectivity index (χ4n) is 2.30. The van der Waals surface area contributed by atoms with E-state index in [1.165, 1.54) is 22.9 Å². The van der Waals surface area contributed by atoms with Gasteiger partial charge in [-0.1, -0.05) is 18.2 Å². The van der Waals surface area contributed by atoms with Gasteiger partial charge in [0.25, 0.3) is 11.2 Å². The first-order chi connectivity index (χ1) is 11.1. The van der Waals surface area contributed by atoms with Crippen molar-refractivity contribution < 1.29 is 10.0 Å². The number of rotatable bonds is 8. The quantitative estimate of drug-likeness (QED) is 0.590. The minimum atomic E-state index is -0.517. The van der Waals surface area contributed by atoms with Crippen molar-refractivity contribution >= 4 is 11.4 Å². The zero-order valence-electron chi connectivity index (χ0n) is 12.7. The second kappa shape index (κ2) is 8.09. The lowest BCUT2D eigenvalue weighted by Gasteiger charge is -2.25.